The van der Waals surface area contributed by atoms with E-state index in [1.165, 1.54) is 4.90 Å². The summed E-state index contributed by atoms with van der Waals surface area (Å²) in [5.41, 5.74) is 6.37. The number of fused-ring (bicyclic) bond motifs is 1. The lowest BCUT2D eigenvalue weighted by atomic mass is 10.2. The summed E-state index contributed by atoms with van der Waals surface area (Å²) in [5, 5.41) is 2.77. The van der Waals surface area contributed by atoms with E-state index in [0.717, 1.165) is 0 Å². The fraction of sp³-hybridized carbons (Fsp3) is 0.385. The molecule has 20 heavy (non-hydrogen) atoms. The van der Waals surface area contributed by atoms with Gasteiger partial charge in [0.25, 0.3) is 5.91 Å². The van der Waals surface area contributed by atoms with Gasteiger partial charge in [0.05, 0.1) is 11.2 Å². The monoisotopic (exact) mass is 297 g/mol. The molecule has 2 aliphatic rings. The van der Waals surface area contributed by atoms with E-state index in [0.29, 0.717) is 30.0 Å². The molecule has 0 spiro atoms. The average Bonchev–Trinajstić information content (AvgIpc) is 3.14. The number of carbonyl (C=O) groups excluding carboxylic acids is 2. The molecule has 0 aromatic heterocycles. The Morgan fingerprint density at radius 1 is 1.45 bits per heavy atom. The number of likely N-dealkylation sites (N-methyl/N-ethyl adjacent to an activating group) is 1. The molecule has 0 saturated heterocycles. The summed E-state index contributed by atoms with van der Waals surface area (Å²) in [4.78, 5) is 24.9. The summed E-state index contributed by atoms with van der Waals surface area (Å²) in [7, 11) is 1.68. The molecule has 3 N–H and O–H groups in total. The number of nitrogens with two attached hydrogens (primary N) is 1. The largest absolute Gasteiger partial charge is 0.482 e. The van der Waals surface area contributed by atoms with Crippen LogP contribution in [0.5, 0.6) is 5.75 Å². The van der Waals surface area contributed by atoms with Gasteiger partial charge >= 0.3 is 0 Å². The normalized spacial score (nSPS) is 18.5. The van der Waals surface area contributed by atoms with Crippen LogP contribution in [0.3, 0.4) is 0 Å². The van der Waals surface area contributed by atoms with E-state index in [4.69, 9.17) is 10.5 Å². The van der Waals surface area contributed by atoms with Gasteiger partial charge in [0, 0.05) is 12.7 Å². The molecule has 2 amide bonds. The van der Waals surface area contributed by atoms with Crippen molar-refractivity contribution in [3.05, 3.63) is 18.2 Å². The maximum absolute atomic E-state index is 11.9. The van der Waals surface area contributed by atoms with Gasteiger partial charge in [0.1, 0.15) is 5.75 Å². The number of carbonyl (C=O) groups is 2. The van der Waals surface area contributed by atoms with Crippen molar-refractivity contribution >= 4 is 35.6 Å². The van der Waals surface area contributed by atoms with Crippen LogP contribution in [0.2, 0.25) is 0 Å². The van der Waals surface area contributed by atoms with E-state index in [1.807, 2.05) is 0 Å². The van der Waals surface area contributed by atoms with E-state index in [2.05, 4.69) is 5.32 Å². The summed E-state index contributed by atoms with van der Waals surface area (Å²) in [5.74, 6) is 0.334. The lowest BCUT2D eigenvalue weighted by Crippen LogP contribution is -2.38. The SMILES string of the molecule is CN1C(=O)COc2ccc(NC(=O)C3(N)CC3)cc21.Cl. The molecule has 1 heterocycles. The Morgan fingerprint density at radius 2 is 2.15 bits per heavy atom. The second kappa shape index (κ2) is 4.96. The molecule has 0 bridgehead atoms. The van der Waals surface area contributed by atoms with E-state index in [1.54, 1.807) is 25.2 Å². The van der Waals surface area contributed by atoms with Crippen LogP contribution in [-0.2, 0) is 9.59 Å². The van der Waals surface area contributed by atoms with Crippen molar-refractivity contribution in [2.75, 3.05) is 23.9 Å². The minimum absolute atomic E-state index is 0. The number of anilines is 2. The summed E-state index contributed by atoms with van der Waals surface area (Å²) in [6, 6.07) is 5.20. The van der Waals surface area contributed by atoms with Crippen molar-refractivity contribution in [3.8, 4) is 5.75 Å². The predicted molar refractivity (Wildman–Crippen MR) is 77.4 cm³/mol. The fourth-order valence-corrected chi connectivity index (χ4v) is 1.97. The number of halogens is 1. The molecule has 0 atom stereocenters. The molecule has 1 aromatic rings. The van der Waals surface area contributed by atoms with Gasteiger partial charge in [-0.3, -0.25) is 9.59 Å². The smallest absolute Gasteiger partial charge is 0.264 e. The molecule has 0 radical (unpaired) electrons. The van der Waals surface area contributed by atoms with Crippen LogP contribution >= 0.6 is 12.4 Å². The first kappa shape index (κ1) is 14.6. The van der Waals surface area contributed by atoms with Crippen molar-refractivity contribution in [3.63, 3.8) is 0 Å². The van der Waals surface area contributed by atoms with Crippen LogP contribution in [0.25, 0.3) is 0 Å². The molecule has 1 saturated carbocycles. The Morgan fingerprint density at radius 3 is 2.80 bits per heavy atom. The molecule has 7 heteroatoms. The lowest BCUT2D eigenvalue weighted by molar-refractivity contribution is -0.121. The number of ether oxygens (including phenoxy) is 1. The third kappa shape index (κ3) is 2.44. The Labute approximate surface area is 122 Å². The number of nitrogens with zero attached hydrogens (tertiary/aromatic N) is 1. The topological polar surface area (TPSA) is 84.7 Å². The molecule has 1 aliphatic heterocycles. The van der Waals surface area contributed by atoms with Gasteiger partial charge in [-0.1, -0.05) is 0 Å². The first-order chi connectivity index (χ1) is 8.99. The quantitative estimate of drug-likeness (QED) is 0.849. The summed E-state index contributed by atoms with van der Waals surface area (Å²) in [6.07, 6.45) is 1.43. The maximum Gasteiger partial charge on any atom is 0.264 e. The van der Waals surface area contributed by atoms with Crippen LogP contribution < -0.4 is 20.7 Å². The van der Waals surface area contributed by atoms with Crippen LogP contribution in [0, 0.1) is 0 Å². The molecular formula is C13H16ClN3O3. The molecule has 3 rings (SSSR count). The molecule has 6 nitrogen and oxygen atoms in total. The average molecular weight is 298 g/mol. The van der Waals surface area contributed by atoms with Gasteiger partial charge in [0.15, 0.2) is 6.61 Å². The van der Waals surface area contributed by atoms with Gasteiger partial charge in [-0.2, -0.15) is 0 Å². The predicted octanol–water partition coefficient (Wildman–Crippen LogP) is 0.893. The number of hydrogen-bond acceptors (Lipinski definition) is 4. The fourth-order valence-electron chi connectivity index (χ4n) is 1.97. The molecule has 1 fully saturated rings. The Balaban J connectivity index is 0.00000147. The number of hydrogen-bond donors (Lipinski definition) is 2. The van der Waals surface area contributed by atoms with Gasteiger partial charge in [-0.25, -0.2) is 0 Å². The summed E-state index contributed by atoms with van der Waals surface area (Å²) >= 11 is 0. The minimum atomic E-state index is -0.714. The van der Waals surface area contributed by atoms with E-state index >= 15 is 0 Å². The Hall–Kier alpha value is -1.79. The van der Waals surface area contributed by atoms with Crippen molar-refractivity contribution < 1.29 is 14.3 Å². The van der Waals surface area contributed by atoms with Gasteiger partial charge in [-0.15, -0.1) is 12.4 Å². The maximum atomic E-state index is 11.9. The van der Waals surface area contributed by atoms with E-state index < -0.39 is 5.54 Å². The second-order valence-corrected chi connectivity index (χ2v) is 5.03. The zero-order valence-electron chi connectivity index (χ0n) is 11.0. The molecule has 108 valence electrons. The first-order valence-electron chi connectivity index (χ1n) is 6.13. The van der Waals surface area contributed by atoms with Crippen molar-refractivity contribution in [2.24, 2.45) is 5.73 Å². The number of nitrogens with one attached hydrogen (secondary N) is 1. The van der Waals surface area contributed by atoms with Crippen LogP contribution in [0.4, 0.5) is 11.4 Å². The molecule has 1 aliphatic carbocycles. The number of rotatable bonds is 2. The zero-order chi connectivity index (χ0) is 13.6. The second-order valence-electron chi connectivity index (χ2n) is 5.03. The van der Waals surface area contributed by atoms with Gasteiger partial charge < -0.3 is 20.7 Å². The van der Waals surface area contributed by atoms with Crippen LogP contribution in [0.1, 0.15) is 12.8 Å². The number of amides is 2. The third-order valence-electron chi connectivity index (χ3n) is 3.54. The molecular weight excluding hydrogens is 282 g/mol. The van der Waals surface area contributed by atoms with Crippen molar-refractivity contribution in [1.82, 2.24) is 0 Å². The highest BCUT2D eigenvalue weighted by atomic mass is 35.5. The van der Waals surface area contributed by atoms with Crippen molar-refractivity contribution in [2.45, 2.75) is 18.4 Å². The summed E-state index contributed by atoms with van der Waals surface area (Å²) < 4.78 is 5.32. The van der Waals surface area contributed by atoms with Crippen LogP contribution in [0.15, 0.2) is 18.2 Å². The van der Waals surface area contributed by atoms with Gasteiger partial charge in [-0.05, 0) is 31.0 Å². The highest BCUT2D eigenvalue weighted by Gasteiger charge is 2.46. The number of benzene rings is 1. The van der Waals surface area contributed by atoms with Crippen LogP contribution in [-0.4, -0.2) is 31.0 Å². The third-order valence-corrected chi connectivity index (χ3v) is 3.54. The standard InChI is InChI=1S/C13H15N3O3.ClH/c1-16-9-6-8(15-12(18)13(14)4-5-13)2-3-10(9)19-7-11(16)17;/h2-3,6H,4-5,7,14H2,1H3,(H,15,18);1H. The van der Waals surface area contributed by atoms with Crippen molar-refractivity contribution in [1.29, 1.82) is 0 Å². The van der Waals surface area contributed by atoms with E-state index in [-0.39, 0.29) is 30.8 Å². The molecule has 1 aromatic carbocycles. The van der Waals surface area contributed by atoms with E-state index in [9.17, 15) is 9.59 Å². The lowest BCUT2D eigenvalue weighted by Gasteiger charge is -2.26. The Bertz CT molecular complexity index is 572. The minimum Gasteiger partial charge on any atom is -0.482 e. The highest BCUT2D eigenvalue weighted by Crippen LogP contribution is 2.36. The first-order valence-corrected chi connectivity index (χ1v) is 6.13. The van der Waals surface area contributed by atoms with Gasteiger partial charge in [0.2, 0.25) is 5.91 Å². The molecule has 0 unspecified atom stereocenters. The Kier molecular flexibility index (Phi) is 3.62. The zero-order valence-corrected chi connectivity index (χ0v) is 11.8. The summed E-state index contributed by atoms with van der Waals surface area (Å²) in [6.45, 7) is 0.0428. The highest BCUT2D eigenvalue weighted by molar-refractivity contribution is 6.02.